The smallest absolute Gasteiger partial charge is 0.337 e. The summed E-state index contributed by atoms with van der Waals surface area (Å²) in [6.45, 7) is 5.13. The zero-order chi connectivity index (χ0) is 26.4. The number of methoxy groups -OCH3 is 2. The Bertz CT molecular complexity index is 1330. The van der Waals surface area contributed by atoms with Crippen LogP contribution < -0.4 is 15.1 Å². The molecule has 1 atom stereocenters. The molecule has 190 valence electrons. The van der Waals surface area contributed by atoms with Crippen molar-refractivity contribution >= 4 is 23.8 Å². The monoisotopic (exact) mass is 497 g/mol. The average Bonchev–Trinajstić information content (AvgIpc) is 3.17. The number of benzene rings is 3. The number of hydrogen-bond donors (Lipinski definition) is 1. The molecule has 0 aliphatic carbocycles. The van der Waals surface area contributed by atoms with Gasteiger partial charge in [-0.2, -0.15) is 5.10 Å². The van der Waals surface area contributed by atoms with Crippen LogP contribution in [0.1, 0.15) is 45.7 Å². The third-order valence-electron chi connectivity index (χ3n) is 6.70. The molecule has 7 nitrogen and oxygen atoms in total. The second-order valence-electron chi connectivity index (χ2n) is 8.96. The SMILES string of the molecule is CCN1/C(=C\C=N\NC(=O)c2ccc(C(=O)OC)cc2)C(C)(Cc2ccccc2)c2cc(OC)ccc21. The second kappa shape index (κ2) is 11.1. The first-order valence-corrected chi connectivity index (χ1v) is 12.1. The number of anilines is 1. The lowest BCUT2D eigenvalue weighted by atomic mass is 9.76. The number of fused-ring (bicyclic) bond motifs is 1. The van der Waals surface area contributed by atoms with Crippen molar-refractivity contribution in [1.29, 1.82) is 0 Å². The van der Waals surface area contributed by atoms with E-state index >= 15 is 0 Å². The van der Waals surface area contributed by atoms with Crippen molar-refractivity contribution in [2.24, 2.45) is 5.10 Å². The summed E-state index contributed by atoms with van der Waals surface area (Å²) >= 11 is 0. The van der Waals surface area contributed by atoms with Gasteiger partial charge >= 0.3 is 5.97 Å². The molecule has 7 heteroatoms. The van der Waals surface area contributed by atoms with E-state index in [0.717, 1.165) is 30.1 Å². The van der Waals surface area contributed by atoms with Gasteiger partial charge in [0.25, 0.3) is 5.91 Å². The Morgan fingerprint density at radius 3 is 2.35 bits per heavy atom. The Kier molecular flexibility index (Phi) is 7.72. The van der Waals surface area contributed by atoms with Crippen molar-refractivity contribution in [3.8, 4) is 5.75 Å². The summed E-state index contributed by atoms with van der Waals surface area (Å²) in [5.41, 5.74) is 7.63. The van der Waals surface area contributed by atoms with Crippen molar-refractivity contribution in [3.05, 3.63) is 107 Å². The molecule has 1 aliphatic rings. The van der Waals surface area contributed by atoms with E-state index in [2.05, 4.69) is 65.7 Å². The summed E-state index contributed by atoms with van der Waals surface area (Å²) < 4.78 is 10.2. The highest BCUT2D eigenvalue weighted by molar-refractivity contribution is 5.96. The Morgan fingerprint density at radius 2 is 1.70 bits per heavy atom. The molecule has 3 aromatic carbocycles. The van der Waals surface area contributed by atoms with Crippen LogP contribution >= 0.6 is 0 Å². The number of carbonyl (C=O) groups is 2. The minimum Gasteiger partial charge on any atom is -0.497 e. The number of hydrogen-bond acceptors (Lipinski definition) is 6. The number of esters is 1. The zero-order valence-corrected chi connectivity index (χ0v) is 21.5. The highest BCUT2D eigenvalue weighted by Gasteiger charge is 2.43. The van der Waals surface area contributed by atoms with E-state index < -0.39 is 5.97 Å². The summed E-state index contributed by atoms with van der Waals surface area (Å²) in [4.78, 5) is 26.4. The molecule has 1 unspecified atom stereocenters. The van der Waals surface area contributed by atoms with Crippen LogP contribution in [0.5, 0.6) is 5.75 Å². The summed E-state index contributed by atoms with van der Waals surface area (Å²) in [6, 6.07) is 22.8. The van der Waals surface area contributed by atoms with Crippen molar-refractivity contribution in [1.82, 2.24) is 5.43 Å². The first-order chi connectivity index (χ1) is 17.9. The molecule has 0 spiro atoms. The molecule has 0 aromatic heterocycles. The first kappa shape index (κ1) is 25.7. The van der Waals surface area contributed by atoms with Crippen molar-refractivity contribution < 1.29 is 19.1 Å². The van der Waals surface area contributed by atoms with Crippen LogP contribution in [-0.2, 0) is 16.6 Å². The fourth-order valence-electron chi connectivity index (χ4n) is 4.83. The largest absolute Gasteiger partial charge is 0.497 e. The van der Waals surface area contributed by atoms with Crippen LogP contribution in [0, 0.1) is 0 Å². The van der Waals surface area contributed by atoms with Gasteiger partial charge in [-0.1, -0.05) is 30.3 Å². The summed E-state index contributed by atoms with van der Waals surface area (Å²) in [6.07, 6.45) is 4.37. The van der Waals surface area contributed by atoms with Crippen molar-refractivity contribution in [2.45, 2.75) is 25.7 Å². The predicted molar refractivity (Wildman–Crippen MR) is 145 cm³/mol. The van der Waals surface area contributed by atoms with E-state index in [1.165, 1.54) is 18.2 Å². The number of hydrazone groups is 1. The maximum absolute atomic E-state index is 12.5. The summed E-state index contributed by atoms with van der Waals surface area (Å²) in [5.74, 6) is -0.00907. The van der Waals surface area contributed by atoms with Crippen molar-refractivity contribution in [3.63, 3.8) is 0 Å². The van der Waals surface area contributed by atoms with Crippen molar-refractivity contribution in [2.75, 3.05) is 25.7 Å². The molecule has 4 rings (SSSR count). The Balaban J connectivity index is 1.60. The van der Waals surface area contributed by atoms with E-state index in [0.29, 0.717) is 11.1 Å². The van der Waals surface area contributed by atoms with E-state index in [9.17, 15) is 9.59 Å². The van der Waals surface area contributed by atoms with Gasteiger partial charge in [0.1, 0.15) is 5.75 Å². The Hall–Kier alpha value is -4.39. The minimum atomic E-state index is -0.453. The lowest BCUT2D eigenvalue weighted by Crippen LogP contribution is -2.31. The number of carbonyl (C=O) groups excluding carboxylic acids is 2. The van der Waals surface area contributed by atoms with Gasteiger partial charge in [0, 0.05) is 35.1 Å². The van der Waals surface area contributed by atoms with Gasteiger partial charge < -0.3 is 14.4 Å². The molecule has 0 fully saturated rings. The molecule has 0 bridgehead atoms. The Morgan fingerprint density at radius 1 is 1.00 bits per heavy atom. The molecule has 0 radical (unpaired) electrons. The van der Waals surface area contributed by atoms with Crippen LogP contribution in [0.15, 0.2) is 89.7 Å². The second-order valence-corrected chi connectivity index (χ2v) is 8.96. The lowest BCUT2D eigenvalue weighted by Gasteiger charge is -2.30. The van der Waals surface area contributed by atoms with Gasteiger partial charge in [-0.15, -0.1) is 0 Å². The molecule has 37 heavy (non-hydrogen) atoms. The van der Waals surface area contributed by atoms with Gasteiger partial charge in [-0.25, -0.2) is 10.2 Å². The van der Waals surface area contributed by atoms with E-state index in [1.807, 2.05) is 18.2 Å². The molecule has 3 aromatic rings. The molecule has 1 aliphatic heterocycles. The number of nitrogens with one attached hydrogen (secondary N) is 1. The van der Waals surface area contributed by atoms with E-state index in [4.69, 9.17) is 9.47 Å². The van der Waals surface area contributed by atoms with Gasteiger partial charge in [0.15, 0.2) is 0 Å². The molecular weight excluding hydrogens is 466 g/mol. The molecule has 1 amide bonds. The maximum Gasteiger partial charge on any atom is 0.337 e. The van der Waals surface area contributed by atoms with Crippen LogP contribution in [-0.4, -0.2) is 38.9 Å². The average molecular weight is 498 g/mol. The number of allylic oxidation sites excluding steroid dienone is 2. The third-order valence-corrected chi connectivity index (χ3v) is 6.70. The maximum atomic E-state index is 12.5. The highest BCUT2D eigenvalue weighted by atomic mass is 16.5. The summed E-state index contributed by atoms with van der Waals surface area (Å²) in [5, 5.41) is 4.18. The summed E-state index contributed by atoms with van der Waals surface area (Å²) in [7, 11) is 2.99. The molecule has 1 N–H and O–H groups in total. The molecular formula is C30H31N3O4. The van der Waals surface area contributed by atoms with Gasteiger partial charge in [-0.3, -0.25) is 4.79 Å². The third kappa shape index (κ3) is 5.26. The number of nitrogens with zero attached hydrogens (tertiary/aromatic N) is 2. The topological polar surface area (TPSA) is 80.2 Å². The van der Waals surface area contributed by atoms with Gasteiger partial charge in [0.2, 0.25) is 0 Å². The van der Waals surface area contributed by atoms with E-state index in [1.54, 1.807) is 37.6 Å². The standard InChI is InChI=1S/C30H31N3O4/c1-5-33-26-16-15-24(36-3)19-25(26)30(2,20-21-9-7-6-8-10-21)27(33)17-18-31-32-28(34)22-11-13-23(14-12-22)29(35)37-4/h6-19H,5,20H2,1-4H3,(H,32,34)/b27-17-,31-18+. The first-order valence-electron chi connectivity index (χ1n) is 12.1. The number of likely N-dealkylation sites (N-methyl/N-ethyl adjacent to an activating group) is 1. The number of ether oxygens (including phenoxy) is 2. The quantitative estimate of drug-likeness (QED) is 0.265. The molecule has 0 saturated carbocycles. The molecule has 1 heterocycles. The predicted octanol–water partition coefficient (Wildman–Crippen LogP) is 5.12. The zero-order valence-electron chi connectivity index (χ0n) is 21.5. The molecule has 0 saturated heterocycles. The van der Waals surface area contributed by atoms with Crippen LogP contribution in [0.25, 0.3) is 0 Å². The highest BCUT2D eigenvalue weighted by Crippen LogP contribution is 2.50. The van der Waals surface area contributed by atoms with Crippen LogP contribution in [0.4, 0.5) is 5.69 Å². The van der Waals surface area contributed by atoms with Crippen LogP contribution in [0.2, 0.25) is 0 Å². The fourth-order valence-corrected chi connectivity index (χ4v) is 4.83. The number of amides is 1. The minimum absolute atomic E-state index is 0.332. The van der Waals surface area contributed by atoms with Gasteiger partial charge in [0.05, 0.1) is 19.8 Å². The van der Waals surface area contributed by atoms with E-state index in [-0.39, 0.29) is 11.3 Å². The lowest BCUT2D eigenvalue weighted by molar-refractivity contribution is 0.0600. The number of rotatable bonds is 8. The fraction of sp³-hybridized carbons (Fsp3) is 0.233. The van der Waals surface area contributed by atoms with Crippen LogP contribution in [0.3, 0.4) is 0 Å². The van der Waals surface area contributed by atoms with Gasteiger partial charge in [-0.05, 0) is 79.9 Å². The Labute approximate surface area is 217 Å². The normalized spacial score (nSPS) is 17.6.